The van der Waals surface area contributed by atoms with E-state index in [2.05, 4.69) is 53.5 Å². The zero-order valence-corrected chi connectivity index (χ0v) is 11.9. The maximum absolute atomic E-state index is 5.71. The van der Waals surface area contributed by atoms with Crippen LogP contribution in [0.3, 0.4) is 0 Å². The molecule has 0 saturated carbocycles. The number of rotatable bonds is 1. The summed E-state index contributed by atoms with van der Waals surface area (Å²) in [7, 11) is 0. The van der Waals surface area contributed by atoms with Gasteiger partial charge in [0.15, 0.2) is 0 Å². The van der Waals surface area contributed by atoms with E-state index in [0.29, 0.717) is 12.6 Å². The van der Waals surface area contributed by atoms with E-state index in [1.165, 1.54) is 22.3 Å². The fourth-order valence-electron chi connectivity index (χ4n) is 3.51. The van der Waals surface area contributed by atoms with Crippen LogP contribution in [0.1, 0.15) is 17.5 Å². The largest absolute Gasteiger partial charge is 0.463 e. The van der Waals surface area contributed by atoms with Gasteiger partial charge in [-0.2, -0.15) is 0 Å². The third-order valence-corrected chi connectivity index (χ3v) is 4.55. The van der Waals surface area contributed by atoms with Gasteiger partial charge in [0.1, 0.15) is 12.1 Å². The van der Waals surface area contributed by atoms with Crippen molar-refractivity contribution in [2.45, 2.75) is 24.8 Å². The molecule has 0 bridgehead atoms. The van der Waals surface area contributed by atoms with Crippen LogP contribution in [-0.2, 0) is 17.6 Å². The normalized spacial score (nSPS) is 23.5. The lowest BCUT2D eigenvalue weighted by molar-refractivity contribution is 0.235. The van der Waals surface area contributed by atoms with Gasteiger partial charge in [-0.25, -0.2) is 4.99 Å². The molecule has 106 valence electrons. The number of fused-ring (bicyclic) bond motifs is 1. The Hall–Kier alpha value is -2.29. The van der Waals surface area contributed by atoms with Gasteiger partial charge in [-0.1, -0.05) is 48.5 Å². The van der Waals surface area contributed by atoms with Gasteiger partial charge in [0.2, 0.25) is 0 Å². The standard InChI is InChI=1S/C18H18N2O/c19-17-20-18(12-21-17)10-9-16-14(11-18)7-4-8-15(16)13-5-2-1-3-6-13/h1-8H,9-12H2,(H2,19,20)/t18-/m0/s1. The van der Waals surface area contributed by atoms with Crippen LogP contribution in [-0.4, -0.2) is 18.2 Å². The molecular formula is C18H18N2O. The molecule has 4 rings (SSSR count). The zero-order valence-electron chi connectivity index (χ0n) is 11.9. The molecule has 3 heteroatoms. The summed E-state index contributed by atoms with van der Waals surface area (Å²) in [5.41, 5.74) is 11.0. The number of aliphatic imine (C=N–C) groups is 1. The van der Waals surface area contributed by atoms with Gasteiger partial charge in [0, 0.05) is 6.42 Å². The first-order valence-electron chi connectivity index (χ1n) is 7.40. The molecule has 1 aliphatic heterocycles. The number of hydrogen-bond donors (Lipinski definition) is 1. The van der Waals surface area contributed by atoms with E-state index in [4.69, 9.17) is 10.5 Å². The minimum atomic E-state index is -0.133. The number of amidine groups is 1. The number of ether oxygens (including phenoxy) is 1. The highest BCUT2D eigenvalue weighted by Crippen LogP contribution is 2.38. The van der Waals surface area contributed by atoms with E-state index in [0.717, 1.165) is 19.3 Å². The average Bonchev–Trinajstić information content (AvgIpc) is 2.88. The molecule has 0 aromatic heterocycles. The van der Waals surface area contributed by atoms with Crippen molar-refractivity contribution in [3.63, 3.8) is 0 Å². The lowest BCUT2D eigenvalue weighted by Gasteiger charge is -2.31. The Labute approximate surface area is 124 Å². The van der Waals surface area contributed by atoms with Crippen molar-refractivity contribution in [1.82, 2.24) is 0 Å². The minimum absolute atomic E-state index is 0.133. The van der Waals surface area contributed by atoms with Gasteiger partial charge in [-0.15, -0.1) is 0 Å². The molecule has 0 unspecified atom stereocenters. The van der Waals surface area contributed by atoms with Crippen LogP contribution in [0.25, 0.3) is 11.1 Å². The summed E-state index contributed by atoms with van der Waals surface area (Å²) >= 11 is 0. The second-order valence-corrected chi connectivity index (χ2v) is 5.95. The highest BCUT2D eigenvalue weighted by Gasteiger charge is 2.39. The van der Waals surface area contributed by atoms with Crippen molar-refractivity contribution < 1.29 is 4.74 Å². The number of nitrogens with zero attached hydrogens (tertiary/aromatic N) is 1. The van der Waals surface area contributed by atoms with Gasteiger partial charge in [0.05, 0.1) is 0 Å². The number of nitrogens with two attached hydrogens (primary N) is 1. The molecule has 1 spiro atoms. The monoisotopic (exact) mass is 278 g/mol. The van der Waals surface area contributed by atoms with Crippen LogP contribution >= 0.6 is 0 Å². The summed E-state index contributed by atoms with van der Waals surface area (Å²) in [6.45, 7) is 0.619. The average molecular weight is 278 g/mol. The highest BCUT2D eigenvalue weighted by molar-refractivity contribution is 5.74. The van der Waals surface area contributed by atoms with Gasteiger partial charge in [0.25, 0.3) is 6.02 Å². The number of benzene rings is 2. The molecular weight excluding hydrogens is 260 g/mol. The molecule has 2 N–H and O–H groups in total. The topological polar surface area (TPSA) is 47.6 Å². The number of hydrogen-bond acceptors (Lipinski definition) is 3. The molecule has 1 heterocycles. The van der Waals surface area contributed by atoms with Crippen LogP contribution < -0.4 is 5.73 Å². The Bertz CT molecular complexity index is 708. The maximum atomic E-state index is 5.71. The Balaban J connectivity index is 1.75. The Kier molecular flexibility index (Phi) is 2.74. The summed E-state index contributed by atoms with van der Waals surface area (Å²) in [6.07, 6.45) is 2.95. The lowest BCUT2D eigenvalue weighted by atomic mass is 9.76. The predicted octanol–water partition coefficient (Wildman–Crippen LogP) is 2.93. The lowest BCUT2D eigenvalue weighted by Crippen LogP contribution is -2.35. The van der Waals surface area contributed by atoms with Crippen LogP contribution in [0, 0.1) is 0 Å². The highest BCUT2D eigenvalue weighted by atomic mass is 16.5. The Morgan fingerprint density at radius 1 is 1.05 bits per heavy atom. The first-order valence-corrected chi connectivity index (χ1v) is 7.40. The van der Waals surface area contributed by atoms with Crippen molar-refractivity contribution in [1.29, 1.82) is 0 Å². The molecule has 1 atom stereocenters. The summed E-state index contributed by atoms with van der Waals surface area (Å²) in [5, 5.41) is 0. The van der Waals surface area contributed by atoms with Crippen LogP contribution in [0.15, 0.2) is 53.5 Å². The molecule has 2 aromatic carbocycles. The van der Waals surface area contributed by atoms with Crippen LogP contribution in [0.5, 0.6) is 0 Å². The van der Waals surface area contributed by atoms with Crippen LogP contribution in [0.4, 0.5) is 0 Å². The predicted molar refractivity (Wildman–Crippen MR) is 84.2 cm³/mol. The smallest absolute Gasteiger partial charge is 0.282 e. The summed E-state index contributed by atoms with van der Waals surface area (Å²) in [6, 6.07) is 17.5. The molecule has 3 nitrogen and oxygen atoms in total. The van der Waals surface area contributed by atoms with Gasteiger partial charge < -0.3 is 10.5 Å². The van der Waals surface area contributed by atoms with Crippen molar-refractivity contribution >= 4 is 6.02 Å². The SMILES string of the molecule is NC1=N[C@]2(CCc3c(cccc3-c3ccccc3)C2)CO1. The van der Waals surface area contributed by atoms with E-state index in [1.54, 1.807) is 0 Å². The Morgan fingerprint density at radius 3 is 2.67 bits per heavy atom. The molecule has 1 aliphatic carbocycles. The van der Waals surface area contributed by atoms with Gasteiger partial charge in [-0.05, 0) is 35.1 Å². The second kappa shape index (κ2) is 4.62. The first-order chi connectivity index (χ1) is 10.3. The summed E-state index contributed by atoms with van der Waals surface area (Å²) in [4.78, 5) is 4.55. The molecule has 0 amide bonds. The molecule has 0 fully saturated rings. The van der Waals surface area contributed by atoms with Crippen molar-refractivity contribution in [3.8, 4) is 11.1 Å². The third-order valence-electron chi connectivity index (χ3n) is 4.55. The molecule has 2 aromatic rings. The maximum Gasteiger partial charge on any atom is 0.282 e. The van der Waals surface area contributed by atoms with Gasteiger partial charge in [-0.3, -0.25) is 0 Å². The first kappa shape index (κ1) is 12.5. The molecule has 2 aliphatic rings. The van der Waals surface area contributed by atoms with Crippen molar-refractivity contribution in [2.24, 2.45) is 10.7 Å². The van der Waals surface area contributed by atoms with E-state index in [9.17, 15) is 0 Å². The van der Waals surface area contributed by atoms with E-state index < -0.39 is 0 Å². The minimum Gasteiger partial charge on any atom is -0.463 e. The van der Waals surface area contributed by atoms with Crippen molar-refractivity contribution in [3.05, 3.63) is 59.7 Å². The summed E-state index contributed by atoms with van der Waals surface area (Å²) < 4.78 is 5.40. The van der Waals surface area contributed by atoms with E-state index >= 15 is 0 Å². The van der Waals surface area contributed by atoms with E-state index in [-0.39, 0.29) is 5.54 Å². The van der Waals surface area contributed by atoms with Crippen molar-refractivity contribution in [2.75, 3.05) is 6.61 Å². The third kappa shape index (κ3) is 2.09. The molecule has 21 heavy (non-hydrogen) atoms. The fraction of sp³-hybridized carbons (Fsp3) is 0.278. The Morgan fingerprint density at radius 2 is 1.90 bits per heavy atom. The quantitative estimate of drug-likeness (QED) is 0.872. The van der Waals surface area contributed by atoms with Gasteiger partial charge >= 0.3 is 0 Å². The van der Waals surface area contributed by atoms with Crippen LogP contribution in [0.2, 0.25) is 0 Å². The zero-order chi connectivity index (χ0) is 14.3. The molecule has 0 radical (unpaired) electrons. The second-order valence-electron chi connectivity index (χ2n) is 5.95. The van der Waals surface area contributed by atoms with E-state index in [1.807, 2.05) is 0 Å². The fourth-order valence-corrected chi connectivity index (χ4v) is 3.51. The summed E-state index contributed by atoms with van der Waals surface area (Å²) in [5.74, 6) is 0. The molecule has 0 saturated heterocycles.